The molecule has 0 aromatic heterocycles. The van der Waals surface area contributed by atoms with Gasteiger partial charge in [-0.15, -0.1) is 0 Å². The summed E-state index contributed by atoms with van der Waals surface area (Å²) in [7, 11) is 4.28. The first-order valence-corrected chi connectivity index (χ1v) is 7.40. The minimum Gasteiger partial charge on any atom is -0.312 e. The minimum atomic E-state index is 0.410. The van der Waals surface area contributed by atoms with Gasteiger partial charge in [0, 0.05) is 19.1 Å². The van der Waals surface area contributed by atoms with Crippen LogP contribution in [0, 0.1) is 19.8 Å². The Morgan fingerprint density at radius 2 is 1.68 bits per heavy atom. The van der Waals surface area contributed by atoms with Crippen LogP contribution in [-0.2, 0) is 0 Å². The Morgan fingerprint density at radius 3 is 2.16 bits per heavy atom. The van der Waals surface area contributed by atoms with E-state index >= 15 is 0 Å². The highest BCUT2D eigenvalue weighted by molar-refractivity contribution is 5.30. The molecule has 2 heteroatoms. The minimum absolute atomic E-state index is 0.410. The molecule has 1 aromatic carbocycles. The third-order valence-corrected chi connectivity index (χ3v) is 3.81. The van der Waals surface area contributed by atoms with E-state index in [1.807, 2.05) is 0 Å². The van der Waals surface area contributed by atoms with E-state index in [1.165, 1.54) is 29.7 Å². The Kier molecular flexibility index (Phi) is 6.53. The monoisotopic (exact) mass is 262 g/mol. The van der Waals surface area contributed by atoms with Crippen LogP contribution in [-0.4, -0.2) is 32.1 Å². The second-order valence-corrected chi connectivity index (χ2v) is 6.00. The highest BCUT2D eigenvalue weighted by Gasteiger charge is 2.14. The van der Waals surface area contributed by atoms with Crippen molar-refractivity contribution in [1.82, 2.24) is 10.2 Å². The van der Waals surface area contributed by atoms with E-state index < -0.39 is 0 Å². The molecule has 0 spiro atoms. The van der Waals surface area contributed by atoms with Gasteiger partial charge in [-0.05, 0) is 39.4 Å². The highest BCUT2D eigenvalue weighted by atomic mass is 15.1. The maximum Gasteiger partial charge on any atom is 0.0446 e. The lowest BCUT2D eigenvalue weighted by atomic mass is 10.0. The molecule has 2 atom stereocenters. The van der Waals surface area contributed by atoms with E-state index in [4.69, 9.17) is 0 Å². The number of nitrogens with zero attached hydrogens (tertiary/aromatic N) is 1. The number of likely N-dealkylation sites (N-methyl/N-ethyl adjacent to an activating group) is 2. The van der Waals surface area contributed by atoms with E-state index in [0.29, 0.717) is 6.04 Å². The third-order valence-electron chi connectivity index (χ3n) is 3.81. The van der Waals surface area contributed by atoms with Gasteiger partial charge < -0.3 is 10.2 Å². The van der Waals surface area contributed by atoms with Crippen LogP contribution >= 0.6 is 0 Å². The summed E-state index contributed by atoms with van der Waals surface area (Å²) in [5, 5.41) is 3.45. The maximum atomic E-state index is 3.45. The largest absolute Gasteiger partial charge is 0.312 e. The number of nitrogens with one attached hydrogen (secondary N) is 1. The molecule has 19 heavy (non-hydrogen) atoms. The second-order valence-electron chi connectivity index (χ2n) is 6.00. The maximum absolute atomic E-state index is 3.45. The van der Waals surface area contributed by atoms with Gasteiger partial charge in [0.05, 0.1) is 0 Å². The van der Waals surface area contributed by atoms with Crippen LogP contribution in [0.3, 0.4) is 0 Å². The SMILES string of the molecule is CCC(C)CN(C)CC(NC)c1cc(C)cc(C)c1. The molecule has 0 aliphatic rings. The number of hydrogen-bond acceptors (Lipinski definition) is 2. The van der Waals surface area contributed by atoms with Gasteiger partial charge in [0.15, 0.2) is 0 Å². The van der Waals surface area contributed by atoms with Crippen LogP contribution in [0.2, 0.25) is 0 Å². The molecule has 0 fully saturated rings. The molecule has 2 nitrogen and oxygen atoms in total. The molecule has 108 valence electrons. The van der Waals surface area contributed by atoms with Gasteiger partial charge in [-0.1, -0.05) is 49.6 Å². The summed E-state index contributed by atoms with van der Waals surface area (Å²) >= 11 is 0. The average molecular weight is 262 g/mol. The summed E-state index contributed by atoms with van der Waals surface area (Å²) in [4.78, 5) is 2.44. The van der Waals surface area contributed by atoms with Crippen molar-refractivity contribution in [3.05, 3.63) is 34.9 Å². The van der Waals surface area contributed by atoms with E-state index in [2.05, 4.69) is 70.2 Å². The number of rotatable bonds is 7. The molecule has 0 radical (unpaired) electrons. The Morgan fingerprint density at radius 1 is 1.11 bits per heavy atom. The number of benzene rings is 1. The molecule has 0 amide bonds. The lowest BCUT2D eigenvalue weighted by Gasteiger charge is -2.26. The van der Waals surface area contributed by atoms with E-state index in [9.17, 15) is 0 Å². The molecule has 0 saturated heterocycles. The second kappa shape index (κ2) is 7.66. The molecular formula is C17H30N2. The summed E-state index contributed by atoms with van der Waals surface area (Å²) < 4.78 is 0. The van der Waals surface area contributed by atoms with Crippen molar-refractivity contribution < 1.29 is 0 Å². The summed E-state index contributed by atoms with van der Waals surface area (Å²) in [5.74, 6) is 0.766. The summed E-state index contributed by atoms with van der Waals surface area (Å²) in [6, 6.07) is 7.24. The van der Waals surface area contributed by atoms with Crippen LogP contribution in [0.4, 0.5) is 0 Å². The molecular weight excluding hydrogens is 232 g/mol. The van der Waals surface area contributed by atoms with Crippen LogP contribution < -0.4 is 5.32 Å². The van der Waals surface area contributed by atoms with Crippen molar-refractivity contribution in [2.75, 3.05) is 27.2 Å². The van der Waals surface area contributed by atoms with Gasteiger partial charge in [0.25, 0.3) is 0 Å². The average Bonchev–Trinajstić information content (AvgIpc) is 2.34. The molecule has 0 aliphatic heterocycles. The Labute approximate surface area is 119 Å². The summed E-state index contributed by atoms with van der Waals surface area (Å²) in [6.07, 6.45) is 1.25. The van der Waals surface area contributed by atoms with Crippen LogP contribution in [0.15, 0.2) is 18.2 Å². The fraction of sp³-hybridized carbons (Fsp3) is 0.647. The topological polar surface area (TPSA) is 15.3 Å². The molecule has 0 saturated carbocycles. The first-order valence-electron chi connectivity index (χ1n) is 7.40. The van der Waals surface area contributed by atoms with Crippen molar-refractivity contribution in [2.24, 2.45) is 5.92 Å². The van der Waals surface area contributed by atoms with Gasteiger partial charge in [-0.2, -0.15) is 0 Å². The lowest BCUT2D eigenvalue weighted by molar-refractivity contribution is 0.256. The third kappa shape index (κ3) is 5.33. The normalized spacial score (nSPS) is 14.7. The fourth-order valence-electron chi connectivity index (χ4n) is 2.62. The van der Waals surface area contributed by atoms with Crippen molar-refractivity contribution in [3.63, 3.8) is 0 Å². The zero-order valence-electron chi connectivity index (χ0n) is 13.5. The van der Waals surface area contributed by atoms with Gasteiger partial charge in [-0.3, -0.25) is 0 Å². The summed E-state index contributed by atoms with van der Waals surface area (Å²) in [6.45, 7) is 11.2. The standard InChI is InChI=1S/C17H30N2/c1-7-13(2)11-19(6)12-17(18-5)16-9-14(3)8-15(4)10-16/h8-10,13,17-18H,7,11-12H2,1-6H3. The van der Waals surface area contributed by atoms with Crippen molar-refractivity contribution in [1.29, 1.82) is 0 Å². The Hall–Kier alpha value is -0.860. The van der Waals surface area contributed by atoms with Crippen LogP contribution in [0.1, 0.15) is 43.0 Å². The van der Waals surface area contributed by atoms with E-state index in [-0.39, 0.29) is 0 Å². The van der Waals surface area contributed by atoms with Gasteiger partial charge in [-0.25, -0.2) is 0 Å². The summed E-state index contributed by atoms with van der Waals surface area (Å²) in [5.41, 5.74) is 4.09. The van der Waals surface area contributed by atoms with Gasteiger partial charge in [0.2, 0.25) is 0 Å². The van der Waals surface area contributed by atoms with Crippen molar-refractivity contribution >= 4 is 0 Å². The fourth-order valence-corrected chi connectivity index (χ4v) is 2.62. The predicted octanol–water partition coefficient (Wildman–Crippen LogP) is 3.54. The van der Waals surface area contributed by atoms with Crippen molar-refractivity contribution in [3.8, 4) is 0 Å². The van der Waals surface area contributed by atoms with Crippen LogP contribution in [0.5, 0.6) is 0 Å². The smallest absolute Gasteiger partial charge is 0.0446 e. The highest BCUT2D eigenvalue weighted by Crippen LogP contribution is 2.18. The quantitative estimate of drug-likeness (QED) is 0.808. The van der Waals surface area contributed by atoms with Gasteiger partial charge in [0.1, 0.15) is 0 Å². The van der Waals surface area contributed by atoms with E-state index in [1.54, 1.807) is 0 Å². The molecule has 1 aromatic rings. The number of hydrogen-bond donors (Lipinski definition) is 1. The molecule has 0 aliphatic carbocycles. The first kappa shape index (κ1) is 16.2. The Balaban J connectivity index is 2.72. The molecule has 2 unspecified atom stereocenters. The first-order chi connectivity index (χ1) is 8.96. The number of aryl methyl sites for hydroxylation is 2. The molecule has 0 heterocycles. The zero-order chi connectivity index (χ0) is 14.4. The molecule has 1 rings (SSSR count). The zero-order valence-corrected chi connectivity index (χ0v) is 13.5. The molecule has 1 N–H and O–H groups in total. The molecule has 0 bridgehead atoms. The van der Waals surface area contributed by atoms with Crippen LogP contribution in [0.25, 0.3) is 0 Å². The lowest BCUT2D eigenvalue weighted by Crippen LogP contribution is -2.33. The Bertz CT molecular complexity index is 367. The van der Waals surface area contributed by atoms with Crippen molar-refractivity contribution in [2.45, 2.75) is 40.2 Å². The predicted molar refractivity (Wildman–Crippen MR) is 84.7 cm³/mol. The van der Waals surface area contributed by atoms with Gasteiger partial charge >= 0.3 is 0 Å². The van der Waals surface area contributed by atoms with E-state index in [0.717, 1.165) is 12.5 Å².